The first-order valence-electron chi connectivity index (χ1n) is 10.2. The molecule has 0 radical (unpaired) electrons. The molecular formula is C24H35NO. The van der Waals surface area contributed by atoms with Gasteiger partial charge in [-0.25, -0.2) is 0 Å². The number of aromatic nitrogens is 1. The van der Waals surface area contributed by atoms with Crippen molar-refractivity contribution in [1.29, 1.82) is 0 Å². The Bertz CT molecular complexity index is 727. The summed E-state index contributed by atoms with van der Waals surface area (Å²) in [5.41, 5.74) is 2.68. The molecule has 0 N–H and O–H groups in total. The Hall–Kier alpha value is -1.83. The Morgan fingerprint density at radius 2 is 1.88 bits per heavy atom. The minimum Gasteiger partial charge on any atom is -0.350 e. The summed E-state index contributed by atoms with van der Waals surface area (Å²) in [6, 6.07) is 8.66. The molecule has 0 aliphatic heterocycles. The van der Waals surface area contributed by atoms with Gasteiger partial charge in [0, 0.05) is 36.5 Å². The van der Waals surface area contributed by atoms with Crippen molar-refractivity contribution < 1.29 is 4.79 Å². The molecule has 26 heavy (non-hydrogen) atoms. The Morgan fingerprint density at radius 1 is 1.15 bits per heavy atom. The number of para-hydroxylation sites is 1. The van der Waals surface area contributed by atoms with Crippen LogP contribution in [0.2, 0.25) is 0 Å². The van der Waals surface area contributed by atoms with Crippen molar-refractivity contribution in [2.45, 2.75) is 71.6 Å². The van der Waals surface area contributed by atoms with Gasteiger partial charge in [0.2, 0.25) is 0 Å². The molecule has 0 fully saturated rings. The third-order valence-electron chi connectivity index (χ3n) is 5.58. The first-order valence-corrected chi connectivity index (χ1v) is 10.2. The number of aldehydes is 1. The van der Waals surface area contributed by atoms with Gasteiger partial charge in [-0.2, -0.15) is 0 Å². The van der Waals surface area contributed by atoms with Crippen LogP contribution >= 0.6 is 0 Å². The average Bonchev–Trinajstić information content (AvgIpc) is 2.98. The molecule has 0 amide bonds. The number of allylic oxidation sites excluding steroid dienone is 2. The molecule has 0 saturated heterocycles. The summed E-state index contributed by atoms with van der Waals surface area (Å²) >= 11 is 0. The quantitative estimate of drug-likeness (QED) is 0.322. The molecule has 142 valence electrons. The van der Waals surface area contributed by atoms with Crippen LogP contribution in [-0.2, 0) is 11.8 Å². The highest BCUT2D eigenvalue weighted by molar-refractivity contribution is 5.84. The van der Waals surface area contributed by atoms with Crippen LogP contribution in [0.4, 0.5) is 0 Å². The van der Waals surface area contributed by atoms with E-state index in [0.717, 1.165) is 19.1 Å². The molecular weight excluding hydrogens is 318 g/mol. The minimum atomic E-state index is -0.0210. The Morgan fingerprint density at radius 3 is 2.58 bits per heavy atom. The zero-order valence-corrected chi connectivity index (χ0v) is 17.0. The predicted molar refractivity (Wildman–Crippen MR) is 113 cm³/mol. The molecule has 1 heterocycles. The Kier molecular flexibility index (Phi) is 7.68. The number of nitrogens with zero attached hydrogens (tertiary/aromatic N) is 1. The molecule has 1 aromatic heterocycles. The minimum absolute atomic E-state index is 0.0210. The van der Waals surface area contributed by atoms with Crippen LogP contribution in [0.1, 0.15) is 77.2 Å². The highest BCUT2D eigenvalue weighted by Gasteiger charge is 2.21. The Labute approximate surface area is 159 Å². The maximum atomic E-state index is 11.2. The molecule has 2 rings (SSSR count). The van der Waals surface area contributed by atoms with Gasteiger partial charge in [-0.15, -0.1) is 0 Å². The Balaban J connectivity index is 2.35. The zero-order chi connectivity index (χ0) is 19.0. The van der Waals surface area contributed by atoms with Gasteiger partial charge < -0.3 is 9.36 Å². The SMILES string of the molecule is CCCC[C@@H](/C=C/[C@@](C)(CC=O)CCCC)c1cn(C)c2ccccc12. The van der Waals surface area contributed by atoms with E-state index in [-0.39, 0.29) is 5.41 Å². The van der Waals surface area contributed by atoms with E-state index in [9.17, 15) is 4.79 Å². The third-order valence-corrected chi connectivity index (χ3v) is 5.58. The predicted octanol–water partition coefficient (Wildman–Crippen LogP) is 6.79. The van der Waals surface area contributed by atoms with Crippen molar-refractivity contribution in [1.82, 2.24) is 4.57 Å². The molecule has 2 aromatic rings. The van der Waals surface area contributed by atoms with Crippen molar-refractivity contribution in [3.63, 3.8) is 0 Å². The lowest BCUT2D eigenvalue weighted by molar-refractivity contribution is -0.109. The van der Waals surface area contributed by atoms with E-state index in [1.807, 2.05) is 0 Å². The lowest BCUT2D eigenvalue weighted by atomic mass is 9.80. The highest BCUT2D eigenvalue weighted by atomic mass is 16.1. The van der Waals surface area contributed by atoms with Crippen molar-refractivity contribution in [3.8, 4) is 0 Å². The van der Waals surface area contributed by atoms with Crippen LogP contribution < -0.4 is 0 Å². The van der Waals surface area contributed by atoms with E-state index in [1.54, 1.807) is 0 Å². The lowest BCUT2D eigenvalue weighted by Crippen LogP contribution is -2.14. The molecule has 2 nitrogen and oxygen atoms in total. The maximum Gasteiger partial charge on any atom is 0.120 e. The lowest BCUT2D eigenvalue weighted by Gasteiger charge is -2.24. The smallest absolute Gasteiger partial charge is 0.120 e. The molecule has 2 atom stereocenters. The van der Waals surface area contributed by atoms with Gasteiger partial charge in [-0.1, -0.05) is 76.8 Å². The summed E-state index contributed by atoms with van der Waals surface area (Å²) in [6.07, 6.45) is 15.7. The van der Waals surface area contributed by atoms with Gasteiger partial charge in [0.1, 0.15) is 6.29 Å². The molecule has 0 spiro atoms. The fraction of sp³-hybridized carbons (Fsp3) is 0.542. The molecule has 0 bridgehead atoms. The fourth-order valence-corrected chi connectivity index (χ4v) is 3.82. The van der Waals surface area contributed by atoms with Crippen molar-refractivity contribution in [2.75, 3.05) is 0 Å². The number of benzene rings is 1. The van der Waals surface area contributed by atoms with Crippen LogP contribution in [0.5, 0.6) is 0 Å². The van der Waals surface area contributed by atoms with E-state index in [4.69, 9.17) is 0 Å². The second kappa shape index (κ2) is 9.75. The second-order valence-electron chi connectivity index (χ2n) is 7.95. The van der Waals surface area contributed by atoms with Crippen molar-refractivity contribution in [2.24, 2.45) is 12.5 Å². The van der Waals surface area contributed by atoms with Crippen LogP contribution in [0.3, 0.4) is 0 Å². The number of fused-ring (bicyclic) bond motifs is 1. The zero-order valence-electron chi connectivity index (χ0n) is 17.0. The van der Waals surface area contributed by atoms with E-state index in [1.165, 1.54) is 42.1 Å². The van der Waals surface area contributed by atoms with Gasteiger partial charge in [0.15, 0.2) is 0 Å². The summed E-state index contributed by atoms with van der Waals surface area (Å²) < 4.78 is 2.24. The summed E-state index contributed by atoms with van der Waals surface area (Å²) in [4.78, 5) is 11.2. The standard InChI is InChI=1S/C24H35NO/c1-5-7-11-20(14-16-24(3,17-18-26)15-8-6-2)22-19-25(4)23-13-10-9-12-21(22)23/h9-10,12-14,16,18-20H,5-8,11,15,17H2,1-4H3/b16-14+/t20-,24-/m0/s1. The number of unbranched alkanes of at least 4 members (excludes halogenated alkanes) is 2. The molecule has 0 aliphatic rings. The first-order chi connectivity index (χ1) is 12.5. The van der Waals surface area contributed by atoms with E-state index < -0.39 is 0 Å². The fourth-order valence-electron chi connectivity index (χ4n) is 3.82. The molecule has 2 heteroatoms. The highest BCUT2D eigenvalue weighted by Crippen LogP contribution is 2.35. The first kappa shape index (κ1) is 20.5. The third kappa shape index (κ3) is 5.09. The van der Waals surface area contributed by atoms with E-state index >= 15 is 0 Å². The summed E-state index contributed by atoms with van der Waals surface area (Å²) in [7, 11) is 2.13. The van der Waals surface area contributed by atoms with Gasteiger partial charge in [-0.3, -0.25) is 0 Å². The van der Waals surface area contributed by atoms with Crippen LogP contribution in [0.25, 0.3) is 10.9 Å². The van der Waals surface area contributed by atoms with Gasteiger partial charge >= 0.3 is 0 Å². The van der Waals surface area contributed by atoms with Gasteiger partial charge in [-0.05, 0) is 29.9 Å². The summed E-state index contributed by atoms with van der Waals surface area (Å²) in [5.74, 6) is 0.411. The summed E-state index contributed by atoms with van der Waals surface area (Å²) in [6.45, 7) is 6.69. The number of carbonyl (C=O) groups excluding carboxylic acids is 1. The number of carbonyl (C=O) groups is 1. The van der Waals surface area contributed by atoms with Gasteiger partial charge in [0.25, 0.3) is 0 Å². The average molecular weight is 354 g/mol. The van der Waals surface area contributed by atoms with Crippen LogP contribution in [-0.4, -0.2) is 10.9 Å². The molecule has 0 unspecified atom stereocenters. The van der Waals surface area contributed by atoms with Crippen LogP contribution in [0.15, 0.2) is 42.6 Å². The van der Waals surface area contributed by atoms with Crippen molar-refractivity contribution >= 4 is 17.2 Å². The molecule has 1 aromatic carbocycles. The number of rotatable bonds is 11. The molecule has 0 aliphatic carbocycles. The number of hydrogen-bond donors (Lipinski definition) is 0. The molecule has 0 saturated carbocycles. The van der Waals surface area contributed by atoms with E-state index in [0.29, 0.717) is 12.3 Å². The second-order valence-corrected chi connectivity index (χ2v) is 7.95. The summed E-state index contributed by atoms with van der Waals surface area (Å²) in [5, 5.41) is 1.35. The van der Waals surface area contributed by atoms with Gasteiger partial charge in [0.05, 0.1) is 0 Å². The topological polar surface area (TPSA) is 22.0 Å². The monoisotopic (exact) mass is 353 g/mol. The van der Waals surface area contributed by atoms with Crippen LogP contribution in [0, 0.1) is 5.41 Å². The number of hydrogen-bond acceptors (Lipinski definition) is 1. The normalized spacial score (nSPS) is 15.4. The largest absolute Gasteiger partial charge is 0.350 e. The van der Waals surface area contributed by atoms with E-state index in [2.05, 4.69) is 75.0 Å². The van der Waals surface area contributed by atoms with Crippen molar-refractivity contribution in [3.05, 3.63) is 48.2 Å². The maximum absolute atomic E-state index is 11.2. The number of aryl methyl sites for hydroxylation is 1.